The molecule has 1 saturated heterocycles. The molecular formula is C15H18N2O2S2. The monoisotopic (exact) mass is 322 g/mol. The van der Waals surface area contributed by atoms with Crippen molar-refractivity contribution >= 4 is 40.1 Å². The summed E-state index contributed by atoms with van der Waals surface area (Å²) in [7, 11) is 0. The summed E-state index contributed by atoms with van der Waals surface area (Å²) in [6.45, 7) is 2.83. The zero-order valence-corrected chi connectivity index (χ0v) is 13.5. The van der Waals surface area contributed by atoms with Gasteiger partial charge in [-0.05, 0) is 12.0 Å². The van der Waals surface area contributed by atoms with Gasteiger partial charge in [-0.1, -0.05) is 61.2 Å². The van der Waals surface area contributed by atoms with Gasteiger partial charge in [-0.15, -0.1) is 0 Å². The Labute approximate surface area is 134 Å². The van der Waals surface area contributed by atoms with Crippen LogP contribution in [-0.2, 0) is 16.1 Å². The number of thiocarbonyl (C=S) groups is 1. The number of nitrogens with one attached hydrogen (secondary N) is 1. The van der Waals surface area contributed by atoms with Crippen LogP contribution in [0.25, 0.3) is 0 Å². The Morgan fingerprint density at radius 3 is 2.71 bits per heavy atom. The number of carbonyl (C=O) groups excluding carboxylic acids is 2. The quantitative estimate of drug-likeness (QED) is 0.817. The van der Waals surface area contributed by atoms with Gasteiger partial charge in [0.2, 0.25) is 11.8 Å². The van der Waals surface area contributed by atoms with Crippen molar-refractivity contribution in [2.75, 3.05) is 6.54 Å². The minimum absolute atomic E-state index is 0.0309. The molecule has 1 aromatic carbocycles. The Morgan fingerprint density at radius 2 is 2.10 bits per heavy atom. The van der Waals surface area contributed by atoms with Crippen LogP contribution in [-0.4, -0.2) is 32.8 Å². The molecule has 1 heterocycles. The molecule has 0 aliphatic carbocycles. The van der Waals surface area contributed by atoms with Crippen LogP contribution in [0.1, 0.15) is 25.3 Å². The fourth-order valence-electron chi connectivity index (χ4n) is 2.06. The number of hydrogen-bond donors (Lipinski definition) is 1. The van der Waals surface area contributed by atoms with Gasteiger partial charge in [0.25, 0.3) is 0 Å². The molecule has 0 saturated carbocycles. The summed E-state index contributed by atoms with van der Waals surface area (Å²) >= 11 is 6.61. The Balaban J connectivity index is 1.76. The summed E-state index contributed by atoms with van der Waals surface area (Å²) in [5.74, 6) is -0.0391. The van der Waals surface area contributed by atoms with Gasteiger partial charge in [0.05, 0.1) is 5.25 Å². The van der Waals surface area contributed by atoms with Gasteiger partial charge in [-0.25, -0.2) is 0 Å². The SMILES string of the molecule is CCC1SC(=S)N(CCC(=O)NCc2ccccc2)C1=O. The highest BCUT2D eigenvalue weighted by Crippen LogP contribution is 2.29. The van der Waals surface area contributed by atoms with Gasteiger partial charge < -0.3 is 5.32 Å². The van der Waals surface area contributed by atoms with Crippen molar-refractivity contribution in [3.8, 4) is 0 Å². The smallest absolute Gasteiger partial charge is 0.241 e. The molecule has 112 valence electrons. The zero-order chi connectivity index (χ0) is 15.2. The predicted octanol–water partition coefficient (Wildman–Crippen LogP) is 2.33. The number of benzene rings is 1. The summed E-state index contributed by atoms with van der Waals surface area (Å²) in [6, 6.07) is 9.73. The molecule has 1 fully saturated rings. The first-order valence-electron chi connectivity index (χ1n) is 6.94. The fraction of sp³-hybridized carbons (Fsp3) is 0.400. The lowest BCUT2D eigenvalue weighted by atomic mass is 10.2. The molecule has 0 aromatic heterocycles. The average molecular weight is 322 g/mol. The highest BCUT2D eigenvalue weighted by molar-refractivity contribution is 8.24. The number of rotatable bonds is 6. The third kappa shape index (κ3) is 4.28. The molecule has 1 aliphatic rings. The number of carbonyl (C=O) groups is 2. The Morgan fingerprint density at radius 1 is 1.38 bits per heavy atom. The van der Waals surface area contributed by atoms with Gasteiger partial charge in [-0.3, -0.25) is 14.5 Å². The van der Waals surface area contributed by atoms with Crippen LogP contribution in [0.5, 0.6) is 0 Å². The first-order valence-corrected chi connectivity index (χ1v) is 8.23. The highest BCUT2D eigenvalue weighted by atomic mass is 32.2. The van der Waals surface area contributed by atoms with Gasteiger partial charge in [0, 0.05) is 19.5 Å². The van der Waals surface area contributed by atoms with Crippen LogP contribution in [0, 0.1) is 0 Å². The fourth-order valence-corrected chi connectivity index (χ4v) is 3.53. The molecule has 21 heavy (non-hydrogen) atoms. The second kappa shape index (κ2) is 7.56. The predicted molar refractivity (Wildman–Crippen MR) is 88.9 cm³/mol. The largest absolute Gasteiger partial charge is 0.352 e. The van der Waals surface area contributed by atoms with Crippen LogP contribution < -0.4 is 5.32 Å². The van der Waals surface area contributed by atoms with E-state index >= 15 is 0 Å². The van der Waals surface area contributed by atoms with Crippen molar-refractivity contribution < 1.29 is 9.59 Å². The van der Waals surface area contributed by atoms with Crippen molar-refractivity contribution in [3.05, 3.63) is 35.9 Å². The lowest BCUT2D eigenvalue weighted by Crippen LogP contribution is -2.35. The van der Waals surface area contributed by atoms with Gasteiger partial charge in [0.15, 0.2) is 0 Å². The molecule has 0 radical (unpaired) electrons. The molecule has 1 aliphatic heterocycles. The molecule has 1 aromatic rings. The Kier molecular flexibility index (Phi) is 5.76. The Bertz CT molecular complexity index is 534. The molecule has 2 amide bonds. The van der Waals surface area contributed by atoms with Crippen molar-refractivity contribution in [3.63, 3.8) is 0 Å². The van der Waals surface area contributed by atoms with E-state index in [0.717, 1.165) is 12.0 Å². The van der Waals surface area contributed by atoms with Gasteiger partial charge in [0.1, 0.15) is 4.32 Å². The topological polar surface area (TPSA) is 49.4 Å². The van der Waals surface area contributed by atoms with Gasteiger partial charge >= 0.3 is 0 Å². The van der Waals surface area contributed by atoms with Crippen LogP contribution >= 0.6 is 24.0 Å². The molecule has 2 rings (SSSR count). The number of hydrogen-bond acceptors (Lipinski definition) is 4. The van der Waals surface area contributed by atoms with Crippen LogP contribution in [0.2, 0.25) is 0 Å². The van der Waals surface area contributed by atoms with Crippen LogP contribution in [0.4, 0.5) is 0 Å². The highest BCUT2D eigenvalue weighted by Gasteiger charge is 2.35. The third-order valence-electron chi connectivity index (χ3n) is 3.27. The van der Waals surface area contributed by atoms with E-state index in [0.29, 0.717) is 17.4 Å². The van der Waals surface area contributed by atoms with Crippen molar-refractivity contribution in [2.24, 2.45) is 0 Å². The maximum Gasteiger partial charge on any atom is 0.241 e. The minimum atomic E-state index is -0.0788. The summed E-state index contributed by atoms with van der Waals surface area (Å²) in [4.78, 5) is 25.4. The van der Waals surface area contributed by atoms with E-state index in [1.54, 1.807) is 4.90 Å². The summed E-state index contributed by atoms with van der Waals surface area (Å²) in [6.07, 6.45) is 1.04. The normalized spacial score (nSPS) is 18.1. The molecule has 0 bridgehead atoms. The second-order valence-corrected chi connectivity index (χ2v) is 6.62. The number of nitrogens with zero attached hydrogens (tertiary/aromatic N) is 1. The standard InChI is InChI=1S/C15H18N2O2S2/c1-2-12-14(19)17(15(20)21-12)9-8-13(18)16-10-11-6-4-3-5-7-11/h3-7,12H,2,8-10H2,1H3,(H,16,18). The molecule has 6 heteroatoms. The maximum absolute atomic E-state index is 12.0. The van der Waals surface area contributed by atoms with E-state index in [1.165, 1.54) is 11.8 Å². The van der Waals surface area contributed by atoms with Crippen molar-refractivity contribution in [1.82, 2.24) is 10.2 Å². The molecular weight excluding hydrogens is 304 g/mol. The third-order valence-corrected chi connectivity index (χ3v) is 5.02. The molecule has 1 atom stereocenters. The molecule has 4 nitrogen and oxygen atoms in total. The zero-order valence-electron chi connectivity index (χ0n) is 11.9. The van der Waals surface area contributed by atoms with Crippen molar-refractivity contribution in [1.29, 1.82) is 0 Å². The van der Waals surface area contributed by atoms with Crippen LogP contribution in [0.15, 0.2) is 30.3 Å². The summed E-state index contributed by atoms with van der Waals surface area (Å²) < 4.78 is 0.586. The van der Waals surface area contributed by atoms with E-state index in [4.69, 9.17) is 12.2 Å². The van der Waals surface area contributed by atoms with E-state index < -0.39 is 0 Å². The molecule has 1 unspecified atom stereocenters. The Hall–Kier alpha value is -1.40. The summed E-state index contributed by atoms with van der Waals surface area (Å²) in [5.41, 5.74) is 1.06. The van der Waals surface area contributed by atoms with Crippen molar-refractivity contribution in [2.45, 2.75) is 31.6 Å². The maximum atomic E-state index is 12.0. The average Bonchev–Trinajstić information content (AvgIpc) is 2.78. The molecule has 0 spiro atoms. The van der Waals surface area contributed by atoms with E-state index in [1.807, 2.05) is 37.3 Å². The van der Waals surface area contributed by atoms with E-state index in [9.17, 15) is 9.59 Å². The lowest BCUT2D eigenvalue weighted by molar-refractivity contribution is -0.126. The summed E-state index contributed by atoms with van der Waals surface area (Å²) in [5, 5.41) is 2.77. The van der Waals surface area contributed by atoms with Crippen LogP contribution in [0.3, 0.4) is 0 Å². The van der Waals surface area contributed by atoms with E-state index in [-0.39, 0.29) is 23.5 Å². The first kappa shape index (κ1) is 16.0. The van der Waals surface area contributed by atoms with Gasteiger partial charge in [-0.2, -0.15) is 0 Å². The second-order valence-electron chi connectivity index (χ2n) is 4.78. The van der Waals surface area contributed by atoms with E-state index in [2.05, 4.69) is 5.32 Å². The first-order chi connectivity index (χ1) is 10.1. The lowest BCUT2D eigenvalue weighted by Gasteiger charge is -2.15. The number of amides is 2. The molecule has 1 N–H and O–H groups in total. The number of thioether (sulfide) groups is 1. The minimum Gasteiger partial charge on any atom is -0.352 e.